The van der Waals surface area contributed by atoms with E-state index in [1.54, 1.807) is 0 Å². The Morgan fingerprint density at radius 2 is 1.88 bits per heavy atom. The van der Waals surface area contributed by atoms with Gasteiger partial charge in [-0.3, -0.25) is 9.30 Å². The van der Waals surface area contributed by atoms with Gasteiger partial charge in [0.25, 0.3) is 0 Å². The zero-order valence-electron chi connectivity index (χ0n) is 18.4. The van der Waals surface area contributed by atoms with Crippen molar-refractivity contribution in [1.29, 1.82) is 0 Å². The number of piperazine rings is 1. The Bertz CT molecular complexity index is 1250. The molecular weight excluding hydrogens is 398 g/mol. The molecule has 1 aromatic carbocycles. The van der Waals surface area contributed by atoms with Crippen molar-refractivity contribution in [2.24, 2.45) is 0 Å². The third-order valence-electron chi connectivity index (χ3n) is 6.86. The molecule has 0 amide bonds. The highest BCUT2D eigenvalue weighted by molar-refractivity contribution is 5.68. The van der Waals surface area contributed by atoms with Gasteiger partial charge in [-0.15, -0.1) is 0 Å². The van der Waals surface area contributed by atoms with Gasteiger partial charge >= 0.3 is 0 Å². The van der Waals surface area contributed by atoms with Crippen LogP contribution < -0.4 is 10.2 Å². The number of pyridine rings is 1. The minimum atomic E-state index is 0.161. The van der Waals surface area contributed by atoms with Crippen LogP contribution in [0, 0.1) is 0 Å². The van der Waals surface area contributed by atoms with E-state index in [1.807, 2.05) is 30.7 Å². The summed E-state index contributed by atoms with van der Waals surface area (Å²) in [6, 6.07) is 17.9. The van der Waals surface area contributed by atoms with Gasteiger partial charge in [0, 0.05) is 61.4 Å². The van der Waals surface area contributed by atoms with Crippen LogP contribution in [-0.2, 0) is 0 Å². The van der Waals surface area contributed by atoms with E-state index in [0.29, 0.717) is 12.1 Å². The number of likely N-dealkylation sites (tertiary alicyclic amines) is 1. The van der Waals surface area contributed by atoms with Gasteiger partial charge in [0.05, 0.1) is 5.69 Å². The number of hydrogen-bond acceptors (Lipinski definition) is 6. The maximum atomic E-state index is 5.12. The molecule has 0 radical (unpaired) electrons. The van der Waals surface area contributed by atoms with Gasteiger partial charge in [-0.05, 0) is 38.1 Å². The van der Waals surface area contributed by atoms with Crippen LogP contribution in [-0.4, -0.2) is 56.5 Å². The number of imidazole rings is 1. The minimum Gasteiger partial charge on any atom is -0.364 e. The number of anilines is 2. The van der Waals surface area contributed by atoms with Crippen LogP contribution in [0.15, 0.2) is 67.1 Å². The van der Waals surface area contributed by atoms with Crippen LogP contribution in [0.3, 0.4) is 0 Å². The number of benzene rings is 1. The van der Waals surface area contributed by atoms with Crippen LogP contribution in [0.1, 0.15) is 24.9 Å². The second-order valence-corrected chi connectivity index (χ2v) is 8.94. The summed E-state index contributed by atoms with van der Waals surface area (Å²) in [4.78, 5) is 19.2. The Hall–Kier alpha value is -3.45. The number of rotatable bonds is 5. The van der Waals surface area contributed by atoms with Crippen molar-refractivity contribution in [2.75, 3.05) is 30.4 Å². The minimum absolute atomic E-state index is 0.161. The molecule has 0 unspecified atom stereocenters. The summed E-state index contributed by atoms with van der Waals surface area (Å²) in [6.45, 7) is 4.26. The number of likely N-dealkylation sites (N-methyl/N-ethyl adjacent to an activating group) is 1. The predicted molar refractivity (Wildman–Crippen MR) is 127 cm³/mol. The number of nitrogens with one attached hydrogen (secondary N) is 1. The molecule has 5 heterocycles. The fourth-order valence-electron chi connectivity index (χ4n) is 5.08. The van der Waals surface area contributed by atoms with E-state index in [1.165, 1.54) is 12.0 Å². The first-order valence-electron chi connectivity index (χ1n) is 11.2. The third kappa shape index (κ3) is 3.29. The molecule has 32 heavy (non-hydrogen) atoms. The molecule has 162 valence electrons. The Balaban J connectivity index is 1.34. The van der Waals surface area contributed by atoms with Crippen LogP contribution in [0.25, 0.3) is 16.9 Å². The van der Waals surface area contributed by atoms with E-state index >= 15 is 0 Å². The molecule has 6 rings (SSSR count). The van der Waals surface area contributed by atoms with E-state index in [4.69, 9.17) is 4.98 Å². The Kier molecular flexibility index (Phi) is 4.57. The average Bonchev–Trinajstić information content (AvgIpc) is 3.54. The number of fused-ring (bicyclic) bond motifs is 3. The molecule has 2 fully saturated rings. The third-order valence-corrected chi connectivity index (χ3v) is 6.86. The lowest BCUT2D eigenvalue weighted by Gasteiger charge is -2.33. The van der Waals surface area contributed by atoms with Crippen molar-refractivity contribution in [2.45, 2.75) is 31.5 Å². The summed E-state index contributed by atoms with van der Waals surface area (Å²) < 4.78 is 2.11. The Morgan fingerprint density at radius 3 is 2.66 bits per heavy atom. The van der Waals surface area contributed by atoms with Gasteiger partial charge in [-0.1, -0.05) is 30.3 Å². The summed E-state index contributed by atoms with van der Waals surface area (Å²) in [5.74, 6) is 1.83. The molecule has 3 aromatic heterocycles. The van der Waals surface area contributed by atoms with Crippen molar-refractivity contribution in [3.8, 4) is 11.3 Å². The van der Waals surface area contributed by atoms with Crippen molar-refractivity contribution in [3.63, 3.8) is 0 Å². The highest BCUT2D eigenvalue weighted by Crippen LogP contribution is 2.34. The summed E-state index contributed by atoms with van der Waals surface area (Å²) in [7, 11) is 2.22. The lowest BCUT2D eigenvalue weighted by atomic mass is 10.1. The van der Waals surface area contributed by atoms with Gasteiger partial charge in [0.1, 0.15) is 11.5 Å². The lowest BCUT2D eigenvalue weighted by Crippen LogP contribution is -2.45. The number of aromatic nitrogens is 4. The summed E-state index contributed by atoms with van der Waals surface area (Å²) >= 11 is 0. The van der Waals surface area contributed by atoms with Crippen LogP contribution in [0.4, 0.5) is 11.8 Å². The molecule has 1 N–H and O–H groups in total. The van der Waals surface area contributed by atoms with Crippen LogP contribution in [0.2, 0.25) is 0 Å². The highest BCUT2D eigenvalue weighted by atomic mass is 15.4. The first-order valence-corrected chi connectivity index (χ1v) is 11.2. The molecule has 4 aromatic rings. The standard InChI is InChI=1S/C25H27N7/c1-17(18-6-4-3-5-7-18)28-23-12-19(8-9-26-23)22-14-24-27-10-11-31(24)25(29-22)32-16-20-13-21(32)15-30(20)2/h3-12,14,17,20-21H,13,15-16H2,1-2H3,(H,26,28)/t17-,20-,21-/m0/s1. The molecule has 2 aliphatic rings. The van der Waals surface area contributed by atoms with Gasteiger partial charge in [0.2, 0.25) is 5.95 Å². The topological polar surface area (TPSA) is 61.6 Å². The summed E-state index contributed by atoms with van der Waals surface area (Å²) in [6.07, 6.45) is 6.92. The fourth-order valence-corrected chi connectivity index (χ4v) is 5.08. The smallest absolute Gasteiger partial charge is 0.212 e. The molecule has 2 aliphatic heterocycles. The molecule has 7 heteroatoms. The van der Waals surface area contributed by atoms with Gasteiger partial charge < -0.3 is 10.2 Å². The quantitative estimate of drug-likeness (QED) is 0.524. The fraction of sp³-hybridized carbons (Fsp3) is 0.320. The largest absolute Gasteiger partial charge is 0.364 e. The molecule has 2 saturated heterocycles. The van der Waals surface area contributed by atoms with Gasteiger partial charge in [-0.25, -0.2) is 15.0 Å². The van der Waals surface area contributed by atoms with Crippen LogP contribution in [0.5, 0.6) is 0 Å². The molecule has 0 aliphatic carbocycles. The molecular formula is C25H27N7. The first kappa shape index (κ1) is 19.3. The lowest BCUT2D eigenvalue weighted by molar-refractivity contribution is 0.291. The molecule has 0 spiro atoms. The Morgan fingerprint density at radius 1 is 1.00 bits per heavy atom. The highest BCUT2D eigenvalue weighted by Gasteiger charge is 2.42. The summed E-state index contributed by atoms with van der Waals surface area (Å²) in [5.41, 5.74) is 4.11. The zero-order valence-corrected chi connectivity index (χ0v) is 18.4. The van der Waals surface area contributed by atoms with E-state index < -0.39 is 0 Å². The van der Waals surface area contributed by atoms with E-state index in [-0.39, 0.29) is 6.04 Å². The number of hydrogen-bond donors (Lipinski definition) is 1. The molecule has 3 atom stereocenters. The average molecular weight is 426 g/mol. The monoisotopic (exact) mass is 425 g/mol. The molecule has 7 nitrogen and oxygen atoms in total. The van der Waals surface area contributed by atoms with Crippen molar-refractivity contribution in [3.05, 3.63) is 72.7 Å². The van der Waals surface area contributed by atoms with Crippen molar-refractivity contribution in [1.82, 2.24) is 24.3 Å². The zero-order chi connectivity index (χ0) is 21.7. The normalized spacial score (nSPS) is 21.4. The number of nitrogens with zero attached hydrogens (tertiary/aromatic N) is 6. The van der Waals surface area contributed by atoms with Gasteiger partial charge in [0.15, 0.2) is 0 Å². The first-order chi connectivity index (χ1) is 15.7. The predicted octanol–water partition coefficient (Wildman–Crippen LogP) is 3.86. The van der Waals surface area contributed by atoms with E-state index in [2.05, 4.69) is 79.9 Å². The van der Waals surface area contributed by atoms with E-state index in [9.17, 15) is 0 Å². The molecule has 2 bridgehead atoms. The Labute approximate surface area is 187 Å². The second kappa shape index (κ2) is 7.60. The van der Waals surface area contributed by atoms with Crippen molar-refractivity contribution < 1.29 is 0 Å². The van der Waals surface area contributed by atoms with Crippen LogP contribution >= 0.6 is 0 Å². The maximum absolute atomic E-state index is 5.12. The van der Waals surface area contributed by atoms with Crippen molar-refractivity contribution >= 4 is 17.4 Å². The van der Waals surface area contributed by atoms with Gasteiger partial charge in [-0.2, -0.15) is 0 Å². The van der Waals surface area contributed by atoms with E-state index in [0.717, 1.165) is 41.8 Å². The SMILES string of the molecule is C[C@H](Nc1cc(-c2cc3nccn3c(N3C[C@@H]4C[C@H]3CN4C)n2)ccn1)c1ccccc1. The summed E-state index contributed by atoms with van der Waals surface area (Å²) in [5, 5.41) is 3.52. The maximum Gasteiger partial charge on any atom is 0.212 e. The molecule has 0 saturated carbocycles. The second-order valence-electron chi connectivity index (χ2n) is 8.94.